The fourth-order valence-electron chi connectivity index (χ4n) is 2.48. The Labute approximate surface area is 143 Å². The molecule has 1 aromatic carbocycles. The molecule has 0 aromatic heterocycles. The molecule has 0 heterocycles. The zero-order valence-electron chi connectivity index (χ0n) is 15.1. The van der Waals surface area contributed by atoms with Crippen LogP contribution in [0.15, 0.2) is 0 Å². The zero-order chi connectivity index (χ0) is 18.7. The summed E-state index contributed by atoms with van der Waals surface area (Å²) in [6.07, 6.45) is 5.98. The molecule has 1 N–H and O–H groups in total. The van der Waals surface area contributed by atoms with E-state index in [1.54, 1.807) is 27.7 Å². The van der Waals surface area contributed by atoms with Crippen LogP contribution in [0, 0.1) is 33.1 Å². The van der Waals surface area contributed by atoms with Crippen molar-refractivity contribution in [2.75, 3.05) is 0 Å². The summed E-state index contributed by atoms with van der Waals surface area (Å²) in [7, 11) is 0. The van der Waals surface area contributed by atoms with Gasteiger partial charge in [-0.2, -0.15) is 0 Å². The van der Waals surface area contributed by atoms with Crippen LogP contribution in [0.25, 0.3) is 0 Å². The number of hydrogen-bond donors (Lipinski definition) is 1. The number of carbonyl (C=O) groups excluding carboxylic acids is 2. The number of carbonyl (C=O) groups is 2. The van der Waals surface area contributed by atoms with Gasteiger partial charge in [0.1, 0.15) is 17.1 Å². The van der Waals surface area contributed by atoms with Crippen molar-refractivity contribution < 1.29 is 24.2 Å². The van der Waals surface area contributed by atoms with E-state index in [1.165, 1.54) is 13.8 Å². The van der Waals surface area contributed by atoms with Crippen LogP contribution in [0.3, 0.4) is 0 Å². The lowest BCUT2D eigenvalue weighted by molar-refractivity contribution is -0.133. The second kappa shape index (κ2) is 7.50. The van der Waals surface area contributed by atoms with Crippen molar-refractivity contribution in [2.45, 2.75) is 60.0 Å². The minimum absolute atomic E-state index is 0.278. The lowest BCUT2D eigenvalue weighted by Crippen LogP contribution is -2.22. The van der Waals surface area contributed by atoms with Crippen molar-refractivity contribution in [1.29, 1.82) is 0 Å². The van der Waals surface area contributed by atoms with E-state index in [-0.39, 0.29) is 6.42 Å². The van der Waals surface area contributed by atoms with Gasteiger partial charge in [-0.15, -0.1) is 6.42 Å². The summed E-state index contributed by atoms with van der Waals surface area (Å²) in [6, 6.07) is 0. The van der Waals surface area contributed by atoms with Gasteiger partial charge in [0.15, 0.2) is 0 Å². The Kier molecular flexibility index (Phi) is 6.16. The van der Waals surface area contributed by atoms with Gasteiger partial charge in [0.25, 0.3) is 0 Å². The van der Waals surface area contributed by atoms with E-state index < -0.39 is 17.5 Å². The topological polar surface area (TPSA) is 72.8 Å². The molecule has 0 saturated carbocycles. The summed E-state index contributed by atoms with van der Waals surface area (Å²) in [5.74, 6) is 2.34. The molecule has 0 aliphatic rings. The predicted molar refractivity (Wildman–Crippen MR) is 91.0 cm³/mol. The molecule has 0 amide bonds. The van der Waals surface area contributed by atoms with Gasteiger partial charge < -0.3 is 14.6 Å². The Morgan fingerprint density at radius 2 is 1.50 bits per heavy atom. The number of esters is 2. The van der Waals surface area contributed by atoms with Crippen LogP contribution in [-0.4, -0.2) is 22.6 Å². The average molecular weight is 332 g/mol. The van der Waals surface area contributed by atoms with Crippen LogP contribution in [0.2, 0.25) is 0 Å². The van der Waals surface area contributed by atoms with Crippen LogP contribution in [-0.2, 0) is 16.0 Å². The molecule has 0 spiro atoms. The highest BCUT2D eigenvalue weighted by atomic mass is 16.5. The molecule has 0 aliphatic heterocycles. The van der Waals surface area contributed by atoms with Crippen molar-refractivity contribution in [2.24, 2.45) is 0 Å². The average Bonchev–Trinajstić information content (AvgIpc) is 2.48. The minimum atomic E-state index is -1.28. The monoisotopic (exact) mass is 332 g/mol. The van der Waals surface area contributed by atoms with E-state index in [0.29, 0.717) is 34.6 Å². The molecular weight excluding hydrogens is 308 g/mol. The standard InChI is InChI=1S/C19H24O5/c1-8-19(7,22)10-9-16-13(4)17(23-14(5)20)11(2)12(3)18(16)24-15(6)21/h1,22H,9-10H2,2-7H3/t19-/m0/s1. The first-order valence-corrected chi connectivity index (χ1v) is 7.69. The summed E-state index contributed by atoms with van der Waals surface area (Å²) in [5.41, 5.74) is 1.55. The molecule has 0 aliphatic carbocycles. The van der Waals surface area contributed by atoms with Gasteiger partial charge in [-0.3, -0.25) is 9.59 Å². The second-order valence-electron chi connectivity index (χ2n) is 6.12. The number of benzene rings is 1. The van der Waals surface area contributed by atoms with Crippen LogP contribution < -0.4 is 9.47 Å². The third kappa shape index (κ3) is 4.59. The fourth-order valence-corrected chi connectivity index (χ4v) is 2.48. The number of hydrogen-bond acceptors (Lipinski definition) is 5. The van der Waals surface area contributed by atoms with Crippen LogP contribution in [0.4, 0.5) is 0 Å². The zero-order valence-corrected chi connectivity index (χ0v) is 15.1. The van der Waals surface area contributed by atoms with Crippen LogP contribution >= 0.6 is 0 Å². The Morgan fingerprint density at radius 1 is 1.04 bits per heavy atom. The summed E-state index contributed by atoms with van der Waals surface area (Å²) in [6.45, 7) is 9.58. The molecule has 5 nitrogen and oxygen atoms in total. The normalized spacial score (nSPS) is 12.9. The van der Waals surface area contributed by atoms with Crippen molar-refractivity contribution in [3.63, 3.8) is 0 Å². The molecule has 130 valence electrons. The van der Waals surface area contributed by atoms with Crippen molar-refractivity contribution in [3.05, 3.63) is 22.3 Å². The summed E-state index contributed by atoms with van der Waals surface area (Å²) < 4.78 is 10.7. The summed E-state index contributed by atoms with van der Waals surface area (Å²) >= 11 is 0. The van der Waals surface area contributed by atoms with E-state index in [1.807, 2.05) is 0 Å². The van der Waals surface area contributed by atoms with Crippen molar-refractivity contribution in [3.8, 4) is 23.8 Å². The van der Waals surface area contributed by atoms with Gasteiger partial charge in [0.2, 0.25) is 0 Å². The maximum atomic E-state index is 11.5. The number of rotatable bonds is 5. The SMILES string of the molecule is C#C[C@](C)(O)CCc1c(C)c(OC(C)=O)c(C)c(C)c1OC(C)=O. The van der Waals surface area contributed by atoms with Crippen molar-refractivity contribution >= 4 is 11.9 Å². The highest BCUT2D eigenvalue weighted by Gasteiger charge is 2.24. The predicted octanol–water partition coefficient (Wildman–Crippen LogP) is 2.78. The molecule has 1 aromatic rings. The maximum Gasteiger partial charge on any atom is 0.308 e. The lowest BCUT2D eigenvalue weighted by atomic mass is 9.91. The fraction of sp³-hybridized carbons (Fsp3) is 0.474. The highest BCUT2D eigenvalue weighted by molar-refractivity contribution is 5.74. The highest BCUT2D eigenvalue weighted by Crippen LogP contribution is 2.39. The molecule has 0 unspecified atom stereocenters. The van der Waals surface area contributed by atoms with Gasteiger partial charge >= 0.3 is 11.9 Å². The minimum Gasteiger partial charge on any atom is -0.426 e. The third-order valence-corrected chi connectivity index (χ3v) is 3.98. The molecule has 1 rings (SSSR count). The van der Waals surface area contributed by atoms with Crippen LogP contribution in [0.1, 0.15) is 49.4 Å². The van der Waals surface area contributed by atoms with E-state index in [2.05, 4.69) is 5.92 Å². The molecule has 24 heavy (non-hydrogen) atoms. The molecule has 0 fully saturated rings. The first-order chi connectivity index (χ1) is 11.0. The van der Waals surface area contributed by atoms with Gasteiger partial charge in [0.05, 0.1) is 0 Å². The quantitative estimate of drug-likeness (QED) is 0.510. The van der Waals surface area contributed by atoms with Gasteiger partial charge in [-0.25, -0.2) is 0 Å². The Hall–Kier alpha value is -2.32. The lowest BCUT2D eigenvalue weighted by Gasteiger charge is -2.23. The van der Waals surface area contributed by atoms with Gasteiger partial charge in [0, 0.05) is 19.4 Å². The van der Waals surface area contributed by atoms with E-state index >= 15 is 0 Å². The Bertz CT molecular complexity index is 708. The molecule has 1 atom stereocenters. The molecule has 0 saturated heterocycles. The summed E-state index contributed by atoms with van der Waals surface area (Å²) in [4.78, 5) is 22.9. The molecule has 0 bridgehead atoms. The Balaban J connectivity index is 3.50. The third-order valence-electron chi connectivity index (χ3n) is 3.98. The largest absolute Gasteiger partial charge is 0.426 e. The van der Waals surface area contributed by atoms with Crippen molar-refractivity contribution in [1.82, 2.24) is 0 Å². The van der Waals surface area contributed by atoms with Crippen LogP contribution in [0.5, 0.6) is 11.5 Å². The second-order valence-corrected chi connectivity index (χ2v) is 6.12. The first kappa shape index (κ1) is 19.7. The smallest absolute Gasteiger partial charge is 0.308 e. The summed E-state index contributed by atoms with van der Waals surface area (Å²) in [5, 5.41) is 10.1. The van der Waals surface area contributed by atoms with Gasteiger partial charge in [-0.1, -0.05) is 5.92 Å². The van der Waals surface area contributed by atoms with E-state index in [4.69, 9.17) is 15.9 Å². The Morgan fingerprint density at radius 3 is 1.96 bits per heavy atom. The first-order valence-electron chi connectivity index (χ1n) is 7.69. The number of terminal acetylenes is 1. The number of aliphatic hydroxyl groups is 1. The molecule has 0 radical (unpaired) electrons. The van der Waals surface area contributed by atoms with E-state index in [0.717, 1.165) is 5.56 Å². The maximum absolute atomic E-state index is 11.5. The molecular formula is C19H24O5. The van der Waals surface area contributed by atoms with Gasteiger partial charge in [-0.05, 0) is 57.2 Å². The number of ether oxygens (including phenoxy) is 2. The van der Waals surface area contributed by atoms with E-state index in [9.17, 15) is 14.7 Å². The molecule has 5 heteroatoms.